The van der Waals surface area contributed by atoms with Crippen molar-refractivity contribution in [2.75, 3.05) is 24.3 Å². The van der Waals surface area contributed by atoms with Gasteiger partial charge in [0.2, 0.25) is 0 Å². The molecule has 0 saturated heterocycles. The largest absolute Gasteiger partial charge is 0.322 e. The average molecular weight is 464 g/mol. The first-order valence-electron chi connectivity index (χ1n) is 11.6. The molecule has 0 spiro atoms. The van der Waals surface area contributed by atoms with E-state index in [1.165, 1.54) is 5.56 Å². The van der Waals surface area contributed by atoms with E-state index < -0.39 is 0 Å². The van der Waals surface area contributed by atoms with Crippen LogP contribution in [0.5, 0.6) is 0 Å². The Morgan fingerprint density at radius 1 is 0.800 bits per heavy atom. The number of rotatable bonds is 7. The van der Waals surface area contributed by atoms with E-state index in [-0.39, 0.29) is 11.8 Å². The lowest BCUT2D eigenvalue weighted by atomic mass is 9.98. The molecular weight excluding hydrogens is 434 g/mol. The minimum Gasteiger partial charge on any atom is -0.322 e. The number of aryl methyl sites for hydroxylation is 1. The Morgan fingerprint density at radius 3 is 2.17 bits per heavy atom. The molecule has 0 saturated carbocycles. The van der Waals surface area contributed by atoms with Gasteiger partial charge >= 0.3 is 0 Å². The van der Waals surface area contributed by atoms with Crippen molar-refractivity contribution < 1.29 is 9.59 Å². The lowest BCUT2D eigenvalue weighted by Gasteiger charge is -2.21. The Morgan fingerprint density at radius 2 is 1.46 bits per heavy atom. The van der Waals surface area contributed by atoms with Crippen LogP contribution in [-0.2, 0) is 6.54 Å². The summed E-state index contributed by atoms with van der Waals surface area (Å²) in [6.45, 7) is 2.71. The van der Waals surface area contributed by atoms with Crippen molar-refractivity contribution in [3.63, 3.8) is 0 Å². The zero-order valence-corrected chi connectivity index (χ0v) is 20.2. The molecule has 0 aliphatic rings. The quantitative estimate of drug-likeness (QED) is 0.358. The fourth-order valence-corrected chi connectivity index (χ4v) is 4.04. The standard InChI is InChI=1S/C30H29N3O2/c1-21-12-14-22(15-13-21)26-9-5-6-10-27(26)29(34)32-25-18-16-23(17-19-25)30(35)33(3)28-11-7-4-8-24(28)20-31-2/h4-19,31H,20H2,1-3H3,(H,32,34). The lowest BCUT2D eigenvalue weighted by Crippen LogP contribution is -2.27. The van der Waals surface area contributed by atoms with Crippen LogP contribution >= 0.6 is 0 Å². The minimum atomic E-state index is -0.196. The van der Waals surface area contributed by atoms with Crippen molar-refractivity contribution in [2.24, 2.45) is 0 Å². The lowest BCUT2D eigenvalue weighted by molar-refractivity contribution is 0.0991. The predicted octanol–water partition coefficient (Wildman–Crippen LogP) is 5.91. The Balaban J connectivity index is 1.50. The van der Waals surface area contributed by atoms with Gasteiger partial charge in [-0.2, -0.15) is 0 Å². The van der Waals surface area contributed by atoms with Crippen molar-refractivity contribution in [3.8, 4) is 11.1 Å². The number of anilines is 2. The van der Waals surface area contributed by atoms with E-state index in [0.717, 1.165) is 22.4 Å². The molecule has 0 heterocycles. The number of carbonyl (C=O) groups excluding carboxylic acids is 2. The molecule has 2 N–H and O–H groups in total. The minimum absolute atomic E-state index is 0.115. The third kappa shape index (κ3) is 5.48. The van der Waals surface area contributed by atoms with E-state index in [2.05, 4.69) is 10.6 Å². The molecule has 0 unspecified atom stereocenters. The summed E-state index contributed by atoms with van der Waals surface area (Å²) >= 11 is 0. The van der Waals surface area contributed by atoms with Gasteiger partial charge in [0.05, 0.1) is 0 Å². The van der Waals surface area contributed by atoms with Crippen LogP contribution in [0, 0.1) is 6.92 Å². The van der Waals surface area contributed by atoms with Gasteiger partial charge in [-0.1, -0.05) is 66.2 Å². The van der Waals surface area contributed by atoms with Gasteiger partial charge in [-0.3, -0.25) is 9.59 Å². The molecule has 4 aromatic rings. The van der Waals surface area contributed by atoms with Crippen LogP contribution in [0.2, 0.25) is 0 Å². The highest BCUT2D eigenvalue weighted by Crippen LogP contribution is 2.26. The summed E-state index contributed by atoms with van der Waals surface area (Å²) in [5.74, 6) is -0.311. The SMILES string of the molecule is CNCc1ccccc1N(C)C(=O)c1ccc(NC(=O)c2ccccc2-c2ccc(C)cc2)cc1. The van der Waals surface area contributed by atoms with Crippen molar-refractivity contribution in [1.29, 1.82) is 0 Å². The van der Waals surface area contributed by atoms with Gasteiger partial charge in [0.25, 0.3) is 11.8 Å². The van der Waals surface area contributed by atoms with Gasteiger partial charge in [-0.25, -0.2) is 0 Å². The second-order valence-corrected chi connectivity index (χ2v) is 8.47. The first kappa shape index (κ1) is 23.9. The average Bonchev–Trinajstić information content (AvgIpc) is 2.89. The summed E-state index contributed by atoms with van der Waals surface area (Å²) < 4.78 is 0. The summed E-state index contributed by atoms with van der Waals surface area (Å²) in [7, 11) is 3.65. The van der Waals surface area contributed by atoms with Gasteiger partial charge in [-0.05, 0) is 67.1 Å². The number of hydrogen-bond acceptors (Lipinski definition) is 3. The van der Waals surface area contributed by atoms with E-state index in [4.69, 9.17) is 0 Å². The van der Waals surface area contributed by atoms with E-state index in [9.17, 15) is 9.59 Å². The van der Waals surface area contributed by atoms with Gasteiger partial charge in [0.1, 0.15) is 0 Å². The third-order valence-corrected chi connectivity index (χ3v) is 5.95. The molecule has 5 heteroatoms. The van der Waals surface area contributed by atoms with Gasteiger partial charge in [-0.15, -0.1) is 0 Å². The molecule has 0 radical (unpaired) electrons. The third-order valence-electron chi connectivity index (χ3n) is 5.95. The normalized spacial score (nSPS) is 10.6. The van der Waals surface area contributed by atoms with Crippen LogP contribution in [0.1, 0.15) is 31.8 Å². The second kappa shape index (κ2) is 10.8. The highest BCUT2D eigenvalue weighted by atomic mass is 16.2. The summed E-state index contributed by atoms with van der Waals surface area (Å²) in [5.41, 5.74) is 6.70. The highest BCUT2D eigenvalue weighted by Gasteiger charge is 2.17. The zero-order chi connectivity index (χ0) is 24.8. The van der Waals surface area contributed by atoms with Crippen LogP contribution in [0.3, 0.4) is 0 Å². The smallest absolute Gasteiger partial charge is 0.258 e. The molecule has 0 aromatic heterocycles. The second-order valence-electron chi connectivity index (χ2n) is 8.47. The Hall–Kier alpha value is -4.22. The summed E-state index contributed by atoms with van der Waals surface area (Å²) in [6, 6.07) is 30.5. The van der Waals surface area contributed by atoms with Gasteiger partial charge in [0, 0.05) is 36.1 Å². The maximum atomic E-state index is 13.1. The topological polar surface area (TPSA) is 61.4 Å². The number of hydrogen-bond donors (Lipinski definition) is 2. The van der Waals surface area contributed by atoms with Crippen molar-refractivity contribution in [2.45, 2.75) is 13.5 Å². The number of nitrogens with zero attached hydrogens (tertiary/aromatic N) is 1. The molecule has 0 bridgehead atoms. The number of para-hydroxylation sites is 1. The number of nitrogens with one attached hydrogen (secondary N) is 2. The van der Waals surface area contributed by atoms with Crippen molar-refractivity contribution >= 4 is 23.2 Å². The maximum Gasteiger partial charge on any atom is 0.258 e. The van der Waals surface area contributed by atoms with Gasteiger partial charge < -0.3 is 15.5 Å². The summed E-state index contributed by atoms with van der Waals surface area (Å²) in [5, 5.41) is 6.10. The Bertz CT molecular complexity index is 1330. The molecule has 0 fully saturated rings. The highest BCUT2D eigenvalue weighted by molar-refractivity contribution is 6.09. The molecule has 5 nitrogen and oxygen atoms in total. The van der Waals surface area contributed by atoms with E-state index >= 15 is 0 Å². The van der Waals surface area contributed by atoms with Crippen LogP contribution in [0.4, 0.5) is 11.4 Å². The van der Waals surface area contributed by atoms with Crippen molar-refractivity contribution in [1.82, 2.24) is 5.32 Å². The Labute approximate surface area is 206 Å². The molecule has 0 aliphatic carbocycles. The number of amides is 2. The molecule has 2 amide bonds. The molecule has 176 valence electrons. The first-order chi connectivity index (χ1) is 17.0. The van der Waals surface area contributed by atoms with Crippen LogP contribution in [0.15, 0.2) is 97.1 Å². The maximum absolute atomic E-state index is 13.1. The molecular formula is C30H29N3O2. The van der Waals surface area contributed by atoms with Crippen LogP contribution in [-0.4, -0.2) is 25.9 Å². The fraction of sp³-hybridized carbons (Fsp3) is 0.133. The number of carbonyl (C=O) groups is 2. The van der Waals surface area contributed by atoms with E-state index in [0.29, 0.717) is 23.4 Å². The van der Waals surface area contributed by atoms with Gasteiger partial charge in [0.15, 0.2) is 0 Å². The molecule has 35 heavy (non-hydrogen) atoms. The molecule has 0 atom stereocenters. The molecule has 0 aliphatic heterocycles. The monoisotopic (exact) mass is 463 g/mol. The fourth-order valence-electron chi connectivity index (χ4n) is 4.04. The summed E-state index contributed by atoms with van der Waals surface area (Å²) in [4.78, 5) is 27.8. The van der Waals surface area contributed by atoms with E-state index in [1.54, 1.807) is 36.2 Å². The van der Waals surface area contributed by atoms with Crippen LogP contribution < -0.4 is 15.5 Å². The molecule has 4 aromatic carbocycles. The Kier molecular flexibility index (Phi) is 7.38. The first-order valence-corrected chi connectivity index (χ1v) is 11.6. The zero-order valence-electron chi connectivity index (χ0n) is 20.2. The van der Waals surface area contributed by atoms with E-state index in [1.807, 2.05) is 86.8 Å². The predicted molar refractivity (Wildman–Crippen MR) is 143 cm³/mol. The number of benzene rings is 4. The summed E-state index contributed by atoms with van der Waals surface area (Å²) in [6.07, 6.45) is 0. The van der Waals surface area contributed by atoms with Crippen molar-refractivity contribution in [3.05, 3.63) is 119 Å². The van der Waals surface area contributed by atoms with Crippen LogP contribution in [0.25, 0.3) is 11.1 Å². The molecule has 4 rings (SSSR count).